The fourth-order valence-electron chi connectivity index (χ4n) is 2.87. The minimum atomic E-state index is -3.43. The van der Waals surface area contributed by atoms with Gasteiger partial charge in [-0.2, -0.15) is 0 Å². The first-order valence-electron chi connectivity index (χ1n) is 7.99. The summed E-state index contributed by atoms with van der Waals surface area (Å²) in [6.45, 7) is 0.597. The second kappa shape index (κ2) is 7.14. The maximum atomic E-state index is 12.7. The van der Waals surface area contributed by atoms with Gasteiger partial charge < -0.3 is 15.0 Å². The first-order valence-corrected chi connectivity index (χ1v) is 9.54. The molecule has 1 N–H and O–H groups in total. The molecule has 6 nitrogen and oxygen atoms in total. The summed E-state index contributed by atoms with van der Waals surface area (Å²) in [5, 5.41) is 2.20. The van der Waals surface area contributed by atoms with E-state index in [1.807, 2.05) is 0 Å². The highest BCUT2D eigenvalue weighted by atomic mass is 32.2. The molecule has 2 aromatic carbocycles. The molecule has 0 saturated carbocycles. The predicted octanol–water partition coefficient (Wildman–Crippen LogP) is 2.78. The summed E-state index contributed by atoms with van der Waals surface area (Å²) in [5.41, 5.74) is 0.610. The summed E-state index contributed by atoms with van der Waals surface area (Å²) in [5.74, 6) is 0.642. The van der Waals surface area contributed by atoms with Crippen LogP contribution in [0.3, 0.4) is 0 Å². The fourth-order valence-corrected chi connectivity index (χ4v) is 4.59. The third-order valence-corrected chi connectivity index (χ3v) is 6.46. The first kappa shape index (κ1) is 17.3. The number of hydrogen-bond acceptors (Lipinski definition) is 4. The number of sulfone groups is 1. The van der Waals surface area contributed by atoms with Gasteiger partial charge in [-0.1, -0.05) is 24.3 Å². The van der Waals surface area contributed by atoms with Crippen LogP contribution in [0.4, 0.5) is 10.5 Å². The molecular weight excluding hydrogens is 340 g/mol. The lowest BCUT2D eigenvalue weighted by molar-refractivity contribution is 0.222. The summed E-state index contributed by atoms with van der Waals surface area (Å²) >= 11 is 0. The number of likely N-dealkylation sites (tertiary alicyclic amines) is 1. The minimum Gasteiger partial charge on any atom is -0.497 e. The lowest BCUT2D eigenvalue weighted by Gasteiger charge is -2.18. The van der Waals surface area contributed by atoms with Gasteiger partial charge in [-0.3, -0.25) is 0 Å². The molecule has 1 atom stereocenters. The van der Waals surface area contributed by atoms with Gasteiger partial charge >= 0.3 is 6.03 Å². The van der Waals surface area contributed by atoms with Crippen molar-refractivity contribution in [2.75, 3.05) is 25.5 Å². The number of nitrogens with one attached hydrogen (secondary N) is 1. The van der Waals surface area contributed by atoms with Crippen molar-refractivity contribution in [2.45, 2.75) is 16.6 Å². The Morgan fingerprint density at radius 1 is 1.16 bits per heavy atom. The van der Waals surface area contributed by atoms with Gasteiger partial charge in [0.1, 0.15) is 5.75 Å². The van der Waals surface area contributed by atoms with Gasteiger partial charge in [0, 0.05) is 24.8 Å². The summed E-state index contributed by atoms with van der Waals surface area (Å²) < 4.78 is 30.5. The quantitative estimate of drug-likeness (QED) is 0.910. The van der Waals surface area contributed by atoms with E-state index < -0.39 is 15.1 Å². The molecule has 1 aliphatic heterocycles. The smallest absolute Gasteiger partial charge is 0.321 e. The second-order valence-corrected chi connectivity index (χ2v) is 8.10. The third-order valence-electron chi connectivity index (χ3n) is 4.26. The summed E-state index contributed by atoms with van der Waals surface area (Å²) in [4.78, 5) is 14.2. The fraction of sp³-hybridized carbons (Fsp3) is 0.278. The maximum Gasteiger partial charge on any atom is 0.321 e. The molecule has 2 amide bonds. The Labute approximate surface area is 147 Å². The molecule has 7 heteroatoms. The van der Waals surface area contributed by atoms with E-state index in [9.17, 15) is 13.2 Å². The van der Waals surface area contributed by atoms with Crippen LogP contribution in [-0.4, -0.2) is 44.8 Å². The predicted molar refractivity (Wildman–Crippen MR) is 95.6 cm³/mol. The Balaban J connectivity index is 1.67. The first-order chi connectivity index (χ1) is 12.0. The topological polar surface area (TPSA) is 75.7 Å². The lowest BCUT2D eigenvalue weighted by atomic mass is 10.3. The average Bonchev–Trinajstić information content (AvgIpc) is 3.14. The normalized spacial score (nSPS) is 17.3. The van der Waals surface area contributed by atoms with Crippen molar-refractivity contribution in [1.29, 1.82) is 0 Å². The van der Waals surface area contributed by atoms with Crippen LogP contribution in [-0.2, 0) is 9.84 Å². The zero-order valence-corrected chi connectivity index (χ0v) is 14.7. The molecule has 3 rings (SSSR count). The highest BCUT2D eigenvalue weighted by Gasteiger charge is 2.36. The van der Waals surface area contributed by atoms with Crippen molar-refractivity contribution in [3.05, 3.63) is 54.6 Å². The molecular formula is C18H20N2O4S. The molecule has 25 heavy (non-hydrogen) atoms. The number of amides is 2. The number of ether oxygens (including phenoxy) is 1. The maximum absolute atomic E-state index is 12.7. The third kappa shape index (κ3) is 3.76. The molecule has 1 aliphatic rings. The molecule has 1 unspecified atom stereocenters. The van der Waals surface area contributed by atoms with E-state index in [2.05, 4.69) is 5.32 Å². The van der Waals surface area contributed by atoms with Gasteiger partial charge in [-0.15, -0.1) is 0 Å². The number of hydrogen-bond donors (Lipinski definition) is 1. The number of carbonyl (C=O) groups is 1. The van der Waals surface area contributed by atoms with Gasteiger partial charge in [0.15, 0.2) is 9.84 Å². The molecule has 132 valence electrons. The van der Waals surface area contributed by atoms with Gasteiger partial charge in [0.05, 0.1) is 17.3 Å². The van der Waals surface area contributed by atoms with Crippen LogP contribution in [0.25, 0.3) is 0 Å². The zero-order chi connectivity index (χ0) is 17.9. The minimum absolute atomic E-state index is 0.188. The Morgan fingerprint density at radius 3 is 2.64 bits per heavy atom. The number of urea groups is 1. The van der Waals surface area contributed by atoms with E-state index >= 15 is 0 Å². The molecule has 0 spiro atoms. The van der Waals surface area contributed by atoms with E-state index in [0.29, 0.717) is 29.3 Å². The summed E-state index contributed by atoms with van der Waals surface area (Å²) in [7, 11) is -1.87. The Bertz CT molecular complexity index is 852. The van der Waals surface area contributed by atoms with E-state index in [4.69, 9.17) is 4.74 Å². The number of methoxy groups -OCH3 is 1. The van der Waals surface area contributed by atoms with Crippen LogP contribution in [0.2, 0.25) is 0 Å². The van der Waals surface area contributed by atoms with Crippen LogP contribution < -0.4 is 10.1 Å². The molecule has 0 radical (unpaired) electrons. The Morgan fingerprint density at radius 2 is 1.92 bits per heavy atom. The van der Waals surface area contributed by atoms with Crippen LogP contribution in [0.1, 0.15) is 6.42 Å². The van der Waals surface area contributed by atoms with Crippen molar-refractivity contribution >= 4 is 21.6 Å². The largest absolute Gasteiger partial charge is 0.497 e. The van der Waals surface area contributed by atoms with E-state index in [1.54, 1.807) is 61.7 Å². The van der Waals surface area contributed by atoms with E-state index in [1.165, 1.54) is 4.90 Å². The van der Waals surface area contributed by atoms with Crippen molar-refractivity contribution in [1.82, 2.24) is 4.90 Å². The van der Waals surface area contributed by atoms with Crippen molar-refractivity contribution < 1.29 is 17.9 Å². The summed E-state index contributed by atoms with van der Waals surface area (Å²) in [6, 6.07) is 15.1. The molecule has 1 fully saturated rings. The zero-order valence-electron chi connectivity index (χ0n) is 13.9. The SMILES string of the molecule is COc1cccc(NC(=O)N2CCC(S(=O)(=O)c3ccccc3)C2)c1. The Hall–Kier alpha value is -2.54. The van der Waals surface area contributed by atoms with Gasteiger partial charge in [-0.25, -0.2) is 13.2 Å². The standard InChI is InChI=1S/C18H20N2O4S/c1-24-15-7-5-6-14(12-15)19-18(21)20-11-10-17(13-20)25(22,23)16-8-3-2-4-9-16/h2-9,12,17H,10-11,13H2,1H3,(H,19,21). The van der Waals surface area contributed by atoms with E-state index in [-0.39, 0.29) is 12.6 Å². The highest BCUT2D eigenvalue weighted by molar-refractivity contribution is 7.92. The number of rotatable bonds is 4. The average molecular weight is 360 g/mol. The monoisotopic (exact) mass is 360 g/mol. The van der Waals surface area contributed by atoms with Crippen molar-refractivity contribution in [3.8, 4) is 5.75 Å². The van der Waals surface area contributed by atoms with Crippen LogP contribution >= 0.6 is 0 Å². The van der Waals surface area contributed by atoms with Crippen LogP contribution in [0.15, 0.2) is 59.5 Å². The molecule has 0 aromatic heterocycles. The van der Waals surface area contributed by atoms with Gasteiger partial charge in [-0.05, 0) is 30.7 Å². The lowest BCUT2D eigenvalue weighted by Crippen LogP contribution is -2.35. The van der Waals surface area contributed by atoms with Gasteiger partial charge in [0.2, 0.25) is 0 Å². The number of anilines is 1. The van der Waals surface area contributed by atoms with Crippen molar-refractivity contribution in [3.63, 3.8) is 0 Å². The molecule has 1 saturated heterocycles. The number of carbonyl (C=O) groups excluding carboxylic acids is 1. The summed E-state index contributed by atoms with van der Waals surface area (Å²) in [6.07, 6.45) is 0.433. The molecule has 0 bridgehead atoms. The van der Waals surface area contributed by atoms with E-state index in [0.717, 1.165) is 0 Å². The highest BCUT2D eigenvalue weighted by Crippen LogP contribution is 2.25. The molecule has 2 aromatic rings. The number of nitrogens with zero attached hydrogens (tertiary/aromatic N) is 1. The molecule has 1 heterocycles. The Kier molecular flexibility index (Phi) is 4.94. The number of benzene rings is 2. The van der Waals surface area contributed by atoms with Gasteiger partial charge in [0.25, 0.3) is 0 Å². The molecule has 0 aliphatic carbocycles. The van der Waals surface area contributed by atoms with Crippen LogP contribution in [0.5, 0.6) is 5.75 Å². The second-order valence-electron chi connectivity index (χ2n) is 5.88. The van der Waals surface area contributed by atoms with Crippen LogP contribution in [0, 0.1) is 0 Å². The van der Waals surface area contributed by atoms with Crippen molar-refractivity contribution in [2.24, 2.45) is 0 Å².